The van der Waals surface area contributed by atoms with Gasteiger partial charge in [-0.05, 0) is 49.4 Å². The molecule has 0 radical (unpaired) electrons. The van der Waals surface area contributed by atoms with Gasteiger partial charge in [0.1, 0.15) is 19.3 Å². The second kappa shape index (κ2) is 62.6. The first-order chi connectivity index (χ1) is 44.2. The van der Waals surface area contributed by atoms with E-state index in [2.05, 4.69) is 55.4 Å². The molecule has 0 saturated heterocycles. The summed E-state index contributed by atoms with van der Waals surface area (Å²) in [6.45, 7) is 14.2. The molecule has 0 spiro atoms. The molecule has 0 aliphatic rings. The summed E-state index contributed by atoms with van der Waals surface area (Å²) in [5.41, 5.74) is 0. The van der Waals surface area contributed by atoms with E-state index in [4.69, 9.17) is 37.0 Å². The van der Waals surface area contributed by atoms with Crippen LogP contribution in [0.4, 0.5) is 0 Å². The van der Waals surface area contributed by atoms with E-state index in [1.807, 2.05) is 0 Å². The summed E-state index contributed by atoms with van der Waals surface area (Å²) in [6.07, 6.45) is 45.7. The zero-order chi connectivity index (χ0) is 68.2. The standard InChI is InChI=1S/C73H142O17P2/c1-9-64(6)50-42-34-26-18-16-14-12-13-15-17-19-30-39-47-55-72(77)89-68(59-83-70(75)53-45-37-29-22-20-27-35-43-51-65(7)10-2)61-87-91(79,80)85-57-67(74)58-86-92(81,82)88-62-69(60-84-71(76)54-46-38-32-24-25-33-41-49-63(4)5)90-73(78)56-48-40-31-23-21-28-36-44-52-66(8)11-3/h63-69,74H,9-62H2,1-8H3,(H,79,80)(H,81,82)/t64?,65?,66?,67?,68-,69-/m1/s1. The summed E-state index contributed by atoms with van der Waals surface area (Å²) in [6, 6.07) is 0. The molecule has 0 aliphatic heterocycles. The third-order valence-corrected chi connectivity index (χ3v) is 19.8. The van der Waals surface area contributed by atoms with Crippen LogP contribution in [-0.2, 0) is 65.4 Å². The second-order valence-electron chi connectivity index (χ2n) is 27.5. The largest absolute Gasteiger partial charge is 0.472 e. The van der Waals surface area contributed by atoms with E-state index in [1.54, 1.807) is 0 Å². The molecule has 8 atom stereocenters. The van der Waals surface area contributed by atoms with E-state index in [0.29, 0.717) is 31.6 Å². The Kier molecular flexibility index (Phi) is 61.3. The van der Waals surface area contributed by atoms with Gasteiger partial charge in [-0.2, -0.15) is 0 Å². The number of aliphatic hydroxyl groups is 1. The highest BCUT2D eigenvalue weighted by molar-refractivity contribution is 7.47. The SMILES string of the molecule is CCC(C)CCCCCCCCCCCCCCCCC(=O)O[C@H](COC(=O)CCCCCCCCCCC(C)CC)COP(=O)(O)OCC(O)COP(=O)(O)OC[C@@H](COC(=O)CCCCCCCCCC(C)C)OC(=O)CCCCCCCCCCC(C)CC. The van der Waals surface area contributed by atoms with Crippen LogP contribution in [0.15, 0.2) is 0 Å². The van der Waals surface area contributed by atoms with Crippen molar-refractivity contribution in [1.29, 1.82) is 0 Å². The number of rotatable bonds is 70. The fourth-order valence-electron chi connectivity index (χ4n) is 10.9. The Morgan fingerprint density at radius 1 is 0.304 bits per heavy atom. The molecule has 0 aromatic rings. The molecule has 92 heavy (non-hydrogen) atoms. The number of hydrogen-bond acceptors (Lipinski definition) is 15. The Morgan fingerprint density at radius 3 is 0.772 bits per heavy atom. The van der Waals surface area contributed by atoms with Crippen LogP contribution < -0.4 is 0 Å². The minimum Gasteiger partial charge on any atom is -0.462 e. The maximum absolute atomic E-state index is 13.1. The Labute approximate surface area is 562 Å². The molecule has 0 heterocycles. The molecular weight excluding hydrogens is 1210 g/mol. The van der Waals surface area contributed by atoms with Crippen molar-refractivity contribution in [3.63, 3.8) is 0 Å². The first-order valence-electron chi connectivity index (χ1n) is 37.8. The number of ether oxygens (including phenoxy) is 4. The number of aliphatic hydroxyl groups excluding tert-OH is 1. The Bertz CT molecular complexity index is 1820. The molecule has 0 fully saturated rings. The Morgan fingerprint density at radius 2 is 0.522 bits per heavy atom. The number of carbonyl (C=O) groups is 4. The van der Waals surface area contributed by atoms with Crippen molar-refractivity contribution in [3.05, 3.63) is 0 Å². The highest BCUT2D eigenvalue weighted by Gasteiger charge is 2.30. The summed E-state index contributed by atoms with van der Waals surface area (Å²) >= 11 is 0. The van der Waals surface area contributed by atoms with E-state index in [-0.39, 0.29) is 25.7 Å². The van der Waals surface area contributed by atoms with Gasteiger partial charge in [-0.15, -0.1) is 0 Å². The number of carbonyl (C=O) groups excluding carboxylic acids is 4. The van der Waals surface area contributed by atoms with Gasteiger partial charge in [-0.1, -0.05) is 312 Å². The van der Waals surface area contributed by atoms with Gasteiger partial charge in [0.2, 0.25) is 0 Å². The van der Waals surface area contributed by atoms with Crippen LogP contribution in [0, 0.1) is 23.7 Å². The van der Waals surface area contributed by atoms with Crippen molar-refractivity contribution in [2.45, 2.75) is 382 Å². The Balaban J connectivity index is 5.25. The van der Waals surface area contributed by atoms with Gasteiger partial charge in [0.05, 0.1) is 26.4 Å². The van der Waals surface area contributed by atoms with Gasteiger partial charge in [-0.3, -0.25) is 37.3 Å². The van der Waals surface area contributed by atoms with Gasteiger partial charge < -0.3 is 33.8 Å². The molecule has 0 aromatic carbocycles. The number of hydrogen-bond donors (Lipinski definition) is 3. The Hall–Kier alpha value is -1.94. The lowest BCUT2D eigenvalue weighted by atomic mass is 9.99. The van der Waals surface area contributed by atoms with Gasteiger partial charge >= 0.3 is 39.5 Å². The van der Waals surface area contributed by atoms with Crippen molar-refractivity contribution >= 4 is 39.5 Å². The lowest BCUT2D eigenvalue weighted by Crippen LogP contribution is -2.30. The molecule has 0 amide bonds. The van der Waals surface area contributed by atoms with Crippen molar-refractivity contribution in [2.75, 3.05) is 39.6 Å². The molecule has 0 aliphatic carbocycles. The summed E-state index contributed by atoms with van der Waals surface area (Å²) in [5, 5.41) is 10.6. The molecular formula is C73H142O17P2. The fourth-order valence-corrected chi connectivity index (χ4v) is 12.5. The zero-order valence-electron chi connectivity index (χ0n) is 60.2. The minimum absolute atomic E-state index is 0.104. The molecule has 0 saturated carbocycles. The van der Waals surface area contributed by atoms with Crippen molar-refractivity contribution in [1.82, 2.24) is 0 Å². The normalized spacial score (nSPS) is 15.1. The second-order valence-corrected chi connectivity index (χ2v) is 30.4. The first kappa shape index (κ1) is 90.1. The average molecular weight is 1350 g/mol. The molecule has 0 aromatic heterocycles. The molecule has 0 rings (SSSR count). The minimum atomic E-state index is -4.96. The van der Waals surface area contributed by atoms with Crippen molar-refractivity contribution < 1.29 is 80.2 Å². The van der Waals surface area contributed by atoms with Crippen LogP contribution in [0.1, 0.15) is 364 Å². The highest BCUT2D eigenvalue weighted by atomic mass is 31.2. The molecule has 0 bridgehead atoms. The van der Waals surface area contributed by atoms with E-state index in [0.717, 1.165) is 114 Å². The van der Waals surface area contributed by atoms with E-state index >= 15 is 0 Å². The zero-order valence-corrected chi connectivity index (χ0v) is 62.0. The van der Waals surface area contributed by atoms with E-state index in [9.17, 15) is 43.2 Å². The average Bonchev–Trinajstić information content (AvgIpc) is 2.72. The van der Waals surface area contributed by atoms with Crippen LogP contribution in [-0.4, -0.2) is 96.7 Å². The lowest BCUT2D eigenvalue weighted by Gasteiger charge is -2.21. The summed E-state index contributed by atoms with van der Waals surface area (Å²) in [7, 11) is -9.91. The van der Waals surface area contributed by atoms with Crippen LogP contribution in [0.3, 0.4) is 0 Å². The van der Waals surface area contributed by atoms with Gasteiger partial charge in [-0.25, -0.2) is 9.13 Å². The van der Waals surface area contributed by atoms with Crippen LogP contribution in [0.5, 0.6) is 0 Å². The highest BCUT2D eigenvalue weighted by Crippen LogP contribution is 2.45. The predicted molar refractivity (Wildman–Crippen MR) is 372 cm³/mol. The number of esters is 4. The predicted octanol–water partition coefficient (Wildman–Crippen LogP) is 20.9. The molecule has 3 N–H and O–H groups in total. The fraction of sp³-hybridized carbons (Fsp3) is 0.945. The number of unbranched alkanes of at least 4 members (excludes halogenated alkanes) is 33. The van der Waals surface area contributed by atoms with Crippen molar-refractivity contribution in [2.24, 2.45) is 23.7 Å². The lowest BCUT2D eigenvalue weighted by molar-refractivity contribution is -0.161. The smallest absolute Gasteiger partial charge is 0.462 e. The van der Waals surface area contributed by atoms with E-state index in [1.165, 1.54) is 161 Å². The molecule has 19 heteroatoms. The third-order valence-electron chi connectivity index (χ3n) is 17.9. The topological polar surface area (TPSA) is 237 Å². The summed E-state index contributed by atoms with van der Waals surface area (Å²) < 4.78 is 68.4. The van der Waals surface area contributed by atoms with Crippen LogP contribution in [0.2, 0.25) is 0 Å². The summed E-state index contributed by atoms with van der Waals surface area (Å²) in [4.78, 5) is 72.7. The van der Waals surface area contributed by atoms with Gasteiger partial charge in [0.25, 0.3) is 0 Å². The maximum Gasteiger partial charge on any atom is 0.472 e. The van der Waals surface area contributed by atoms with Crippen LogP contribution in [0.25, 0.3) is 0 Å². The maximum atomic E-state index is 13.1. The number of phosphoric acid groups is 2. The quantitative estimate of drug-likeness (QED) is 0.0222. The van der Waals surface area contributed by atoms with Crippen molar-refractivity contribution in [3.8, 4) is 0 Å². The first-order valence-corrected chi connectivity index (χ1v) is 40.8. The van der Waals surface area contributed by atoms with Crippen LogP contribution >= 0.6 is 15.6 Å². The molecule has 546 valence electrons. The summed E-state index contributed by atoms with van der Waals surface area (Å²) in [5.74, 6) is 0.971. The number of phosphoric ester groups is 2. The monoisotopic (exact) mass is 1350 g/mol. The van der Waals surface area contributed by atoms with Gasteiger partial charge in [0, 0.05) is 25.7 Å². The molecule has 6 unspecified atom stereocenters. The third kappa shape index (κ3) is 62.8. The molecule has 17 nitrogen and oxygen atoms in total. The van der Waals surface area contributed by atoms with E-state index < -0.39 is 97.5 Å². The van der Waals surface area contributed by atoms with Gasteiger partial charge in [0.15, 0.2) is 12.2 Å².